The number of nitrogens with zero attached hydrogens (tertiary/aromatic N) is 1. The van der Waals surface area contributed by atoms with Crippen molar-refractivity contribution in [3.63, 3.8) is 0 Å². The SMILES string of the molecule is CS(=O)(=O)Cl.Cc1cccc(C(O)O)n1. The summed E-state index contributed by atoms with van der Waals surface area (Å²) in [5, 5.41) is 17.3. The summed E-state index contributed by atoms with van der Waals surface area (Å²) in [6.45, 7) is 1.80. The molecular weight excluding hydrogens is 242 g/mol. The molecule has 1 aromatic rings. The molecule has 0 radical (unpaired) electrons. The number of aliphatic hydroxyl groups excluding tert-OH is 1. The summed E-state index contributed by atoms with van der Waals surface area (Å²) in [5.74, 6) is 0. The van der Waals surface area contributed by atoms with Gasteiger partial charge in [-0.05, 0) is 19.1 Å². The van der Waals surface area contributed by atoms with Crippen molar-refractivity contribution in [1.29, 1.82) is 0 Å². The maximum Gasteiger partial charge on any atom is 0.229 e. The predicted molar refractivity (Wildman–Crippen MR) is 56.8 cm³/mol. The van der Waals surface area contributed by atoms with Gasteiger partial charge in [0.2, 0.25) is 9.05 Å². The highest BCUT2D eigenvalue weighted by Gasteiger charge is 2.01. The van der Waals surface area contributed by atoms with Gasteiger partial charge in [0, 0.05) is 16.4 Å². The van der Waals surface area contributed by atoms with Gasteiger partial charge < -0.3 is 10.2 Å². The molecule has 1 heterocycles. The fraction of sp³-hybridized carbons (Fsp3) is 0.375. The second-order valence-electron chi connectivity index (χ2n) is 2.76. The lowest BCUT2D eigenvalue weighted by molar-refractivity contribution is -0.0459. The number of aromatic nitrogens is 1. The first kappa shape index (κ1) is 14.3. The standard InChI is InChI=1S/C7H9NO2.CH3ClO2S/c1-5-3-2-4-6(8-5)7(9)10;1-5(2,3)4/h2-4,7,9-10H,1H3;1H3. The predicted octanol–water partition coefficient (Wildman–Crippen LogP) is 0.558. The van der Waals surface area contributed by atoms with Crippen LogP contribution in [0.5, 0.6) is 0 Å². The van der Waals surface area contributed by atoms with E-state index in [9.17, 15) is 8.42 Å². The number of hydrogen-bond acceptors (Lipinski definition) is 5. The Morgan fingerprint density at radius 1 is 1.40 bits per heavy atom. The van der Waals surface area contributed by atoms with Crippen LogP contribution in [0.15, 0.2) is 18.2 Å². The molecule has 0 unspecified atom stereocenters. The minimum absolute atomic E-state index is 0.292. The molecule has 5 nitrogen and oxygen atoms in total. The molecule has 0 spiro atoms. The van der Waals surface area contributed by atoms with Crippen molar-refractivity contribution in [3.8, 4) is 0 Å². The molecule has 7 heteroatoms. The van der Waals surface area contributed by atoms with E-state index in [0.717, 1.165) is 11.9 Å². The Kier molecular flexibility index (Phi) is 5.74. The molecular formula is C8H12ClNO4S. The zero-order valence-electron chi connectivity index (χ0n) is 8.25. The number of hydrogen-bond donors (Lipinski definition) is 2. The third kappa shape index (κ3) is 9.61. The van der Waals surface area contributed by atoms with E-state index in [1.807, 2.05) is 0 Å². The molecule has 1 aromatic heterocycles. The van der Waals surface area contributed by atoms with Crippen molar-refractivity contribution in [2.75, 3.05) is 6.26 Å². The molecule has 0 saturated carbocycles. The lowest BCUT2D eigenvalue weighted by Gasteiger charge is -2.01. The fourth-order valence-electron chi connectivity index (χ4n) is 0.708. The van der Waals surface area contributed by atoms with Gasteiger partial charge in [0.25, 0.3) is 0 Å². The molecule has 0 aliphatic rings. The third-order valence-corrected chi connectivity index (χ3v) is 1.17. The third-order valence-electron chi connectivity index (χ3n) is 1.17. The Morgan fingerprint density at radius 3 is 2.13 bits per heavy atom. The van der Waals surface area contributed by atoms with Crippen LogP contribution in [0.1, 0.15) is 17.7 Å². The van der Waals surface area contributed by atoms with E-state index in [0.29, 0.717) is 5.69 Å². The summed E-state index contributed by atoms with van der Waals surface area (Å²) in [6, 6.07) is 5.10. The minimum atomic E-state index is -3.19. The van der Waals surface area contributed by atoms with Crippen LogP contribution in [0.2, 0.25) is 0 Å². The maximum atomic E-state index is 9.40. The highest BCUT2D eigenvalue weighted by Crippen LogP contribution is 2.05. The Balaban J connectivity index is 0.000000336. The van der Waals surface area contributed by atoms with E-state index in [2.05, 4.69) is 15.7 Å². The van der Waals surface area contributed by atoms with Gasteiger partial charge in [-0.1, -0.05) is 6.07 Å². The first-order valence-corrected chi connectivity index (χ1v) is 6.61. The molecule has 86 valence electrons. The Morgan fingerprint density at radius 2 is 1.87 bits per heavy atom. The van der Waals surface area contributed by atoms with Crippen LogP contribution in [-0.4, -0.2) is 29.9 Å². The molecule has 0 aromatic carbocycles. The average molecular weight is 254 g/mol. The second kappa shape index (κ2) is 6.02. The number of aryl methyl sites for hydroxylation is 1. The van der Waals surface area contributed by atoms with Crippen molar-refractivity contribution in [2.45, 2.75) is 13.2 Å². The number of halogens is 1. The largest absolute Gasteiger partial charge is 0.363 e. The van der Waals surface area contributed by atoms with E-state index in [-0.39, 0.29) is 0 Å². The maximum absolute atomic E-state index is 9.40. The Hall–Kier alpha value is -0.690. The van der Waals surface area contributed by atoms with Crippen LogP contribution in [0, 0.1) is 6.92 Å². The summed E-state index contributed by atoms with van der Waals surface area (Å²) in [5.41, 5.74) is 1.07. The molecule has 2 N–H and O–H groups in total. The van der Waals surface area contributed by atoms with Crippen molar-refractivity contribution < 1.29 is 18.6 Å². The van der Waals surface area contributed by atoms with Gasteiger partial charge in [0.05, 0.1) is 11.9 Å². The molecule has 15 heavy (non-hydrogen) atoms. The number of pyridine rings is 1. The van der Waals surface area contributed by atoms with Gasteiger partial charge >= 0.3 is 0 Å². The van der Waals surface area contributed by atoms with Gasteiger partial charge in [-0.25, -0.2) is 8.42 Å². The molecule has 0 amide bonds. The normalized spacial score (nSPS) is 10.8. The van der Waals surface area contributed by atoms with Gasteiger partial charge in [-0.15, -0.1) is 0 Å². The van der Waals surface area contributed by atoms with Crippen LogP contribution < -0.4 is 0 Å². The summed E-state index contributed by atoms with van der Waals surface area (Å²) in [6.07, 6.45) is -0.533. The summed E-state index contributed by atoms with van der Waals surface area (Å²) in [4.78, 5) is 3.87. The molecule has 0 bridgehead atoms. The number of aliphatic hydroxyl groups is 2. The van der Waals surface area contributed by atoms with Crippen LogP contribution in [0.4, 0.5) is 0 Å². The van der Waals surface area contributed by atoms with E-state index in [4.69, 9.17) is 10.2 Å². The Bertz CT molecular complexity index is 397. The lowest BCUT2D eigenvalue weighted by Crippen LogP contribution is -1.98. The molecule has 0 saturated heterocycles. The average Bonchev–Trinajstić information content (AvgIpc) is 2.00. The Labute approximate surface area is 92.8 Å². The first-order valence-electron chi connectivity index (χ1n) is 3.89. The van der Waals surface area contributed by atoms with Crippen molar-refractivity contribution in [3.05, 3.63) is 29.6 Å². The van der Waals surface area contributed by atoms with Crippen LogP contribution in [-0.2, 0) is 9.05 Å². The van der Waals surface area contributed by atoms with E-state index in [1.54, 1.807) is 25.1 Å². The zero-order chi connectivity index (χ0) is 12.1. The fourth-order valence-corrected chi connectivity index (χ4v) is 0.708. The second-order valence-corrected chi connectivity index (χ2v) is 5.80. The van der Waals surface area contributed by atoms with Crippen LogP contribution >= 0.6 is 10.7 Å². The number of rotatable bonds is 1. The first-order chi connectivity index (χ1) is 6.70. The zero-order valence-corrected chi connectivity index (χ0v) is 9.83. The molecule has 0 aliphatic heterocycles. The van der Waals surface area contributed by atoms with Gasteiger partial charge in [0.1, 0.15) is 0 Å². The van der Waals surface area contributed by atoms with Gasteiger partial charge in [-0.3, -0.25) is 4.98 Å². The van der Waals surface area contributed by atoms with E-state index in [1.165, 1.54) is 0 Å². The van der Waals surface area contributed by atoms with Crippen LogP contribution in [0.3, 0.4) is 0 Å². The highest BCUT2D eigenvalue weighted by molar-refractivity contribution is 8.13. The van der Waals surface area contributed by atoms with E-state index < -0.39 is 15.3 Å². The molecule has 0 fully saturated rings. The summed E-state index contributed by atoms with van der Waals surface area (Å²) in [7, 11) is 1.31. The van der Waals surface area contributed by atoms with Crippen LogP contribution in [0.25, 0.3) is 0 Å². The van der Waals surface area contributed by atoms with Gasteiger partial charge in [0.15, 0.2) is 6.29 Å². The quantitative estimate of drug-likeness (QED) is 0.564. The highest BCUT2D eigenvalue weighted by atomic mass is 35.7. The summed E-state index contributed by atoms with van der Waals surface area (Å²) >= 11 is 0. The summed E-state index contributed by atoms with van der Waals surface area (Å²) < 4.78 is 18.8. The van der Waals surface area contributed by atoms with Crippen molar-refractivity contribution in [1.82, 2.24) is 4.98 Å². The van der Waals surface area contributed by atoms with Crippen molar-refractivity contribution >= 4 is 19.7 Å². The molecule has 1 rings (SSSR count). The molecule has 0 atom stereocenters. The smallest absolute Gasteiger partial charge is 0.229 e. The lowest BCUT2D eigenvalue weighted by atomic mass is 10.3. The van der Waals surface area contributed by atoms with E-state index >= 15 is 0 Å². The molecule has 0 aliphatic carbocycles. The monoisotopic (exact) mass is 253 g/mol. The topological polar surface area (TPSA) is 87.5 Å². The van der Waals surface area contributed by atoms with Crippen molar-refractivity contribution in [2.24, 2.45) is 0 Å². The van der Waals surface area contributed by atoms with Gasteiger partial charge in [-0.2, -0.15) is 0 Å². The minimum Gasteiger partial charge on any atom is -0.363 e.